The van der Waals surface area contributed by atoms with Gasteiger partial charge in [-0.1, -0.05) is 0 Å². The van der Waals surface area contributed by atoms with E-state index in [2.05, 4.69) is 11.8 Å². The Bertz CT molecular complexity index is 454. The number of nitrogens with two attached hydrogens (primary N) is 1. The highest BCUT2D eigenvalue weighted by Gasteiger charge is 2.29. The number of benzene rings is 1. The van der Waals surface area contributed by atoms with Crippen LogP contribution in [0.2, 0.25) is 0 Å². The molecule has 1 aromatic rings. The zero-order valence-electron chi connectivity index (χ0n) is 13.4. The fourth-order valence-corrected chi connectivity index (χ4v) is 3.05. The van der Waals surface area contributed by atoms with Gasteiger partial charge in [-0.3, -0.25) is 4.90 Å². The second-order valence-corrected chi connectivity index (χ2v) is 5.63. The van der Waals surface area contributed by atoms with Crippen molar-refractivity contribution in [3.63, 3.8) is 0 Å². The standard InChI is InChI=1S/C16H26N2O3/c1-11-5-12(8-17)9-18(11)10-14-15(20-3)6-13(19-2)7-16(14)21-4/h6-7,11-12H,5,8-10,17H2,1-4H3. The normalized spacial score (nSPS) is 22.3. The Morgan fingerprint density at radius 1 is 1.14 bits per heavy atom. The van der Waals surface area contributed by atoms with Crippen LogP contribution in [-0.4, -0.2) is 45.4 Å². The summed E-state index contributed by atoms with van der Waals surface area (Å²) in [6.07, 6.45) is 1.15. The molecule has 2 rings (SSSR count). The largest absolute Gasteiger partial charge is 0.496 e. The van der Waals surface area contributed by atoms with E-state index in [0.717, 1.165) is 48.9 Å². The van der Waals surface area contributed by atoms with Gasteiger partial charge in [0.05, 0.1) is 26.9 Å². The minimum atomic E-state index is 0.523. The van der Waals surface area contributed by atoms with Crippen LogP contribution >= 0.6 is 0 Å². The first kappa shape index (κ1) is 15.9. The van der Waals surface area contributed by atoms with Gasteiger partial charge in [0, 0.05) is 31.3 Å². The number of likely N-dealkylation sites (tertiary alicyclic amines) is 1. The van der Waals surface area contributed by atoms with Crippen molar-refractivity contribution in [1.29, 1.82) is 0 Å². The Morgan fingerprint density at radius 3 is 2.19 bits per heavy atom. The molecule has 0 bridgehead atoms. The third-order valence-electron chi connectivity index (χ3n) is 4.30. The summed E-state index contributed by atoms with van der Waals surface area (Å²) in [7, 11) is 4.99. The summed E-state index contributed by atoms with van der Waals surface area (Å²) in [4.78, 5) is 2.43. The molecular weight excluding hydrogens is 268 g/mol. The summed E-state index contributed by atoms with van der Waals surface area (Å²) in [5.74, 6) is 2.92. The van der Waals surface area contributed by atoms with E-state index in [4.69, 9.17) is 19.9 Å². The smallest absolute Gasteiger partial charge is 0.130 e. The summed E-state index contributed by atoms with van der Waals surface area (Å²) in [6.45, 7) is 4.82. The summed E-state index contributed by atoms with van der Waals surface area (Å²) < 4.78 is 16.3. The van der Waals surface area contributed by atoms with Crippen molar-refractivity contribution in [3.05, 3.63) is 17.7 Å². The third-order valence-corrected chi connectivity index (χ3v) is 4.30. The van der Waals surface area contributed by atoms with Crippen molar-refractivity contribution in [2.24, 2.45) is 11.7 Å². The first-order chi connectivity index (χ1) is 10.1. The molecule has 2 N–H and O–H groups in total. The summed E-state index contributed by atoms with van der Waals surface area (Å²) in [5.41, 5.74) is 6.87. The number of hydrogen-bond donors (Lipinski definition) is 1. The molecule has 1 aliphatic heterocycles. The second kappa shape index (κ2) is 7.00. The van der Waals surface area contributed by atoms with Crippen LogP contribution < -0.4 is 19.9 Å². The van der Waals surface area contributed by atoms with E-state index in [1.165, 1.54) is 0 Å². The highest BCUT2D eigenvalue weighted by atomic mass is 16.5. The molecule has 0 amide bonds. The maximum atomic E-state index is 5.81. The molecule has 0 radical (unpaired) electrons. The zero-order valence-corrected chi connectivity index (χ0v) is 13.4. The highest BCUT2D eigenvalue weighted by molar-refractivity contribution is 5.50. The van der Waals surface area contributed by atoms with Gasteiger partial charge in [0.25, 0.3) is 0 Å². The predicted octanol–water partition coefficient (Wildman–Crippen LogP) is 1.88. The molecule has 1 heterocycles. The molecule has 2 unspecified atom stereocenters. The lowest BCUT2D eigenvalue weighted by molar-refractivity contribution is 0.246. The van der Waals surface area contributed by atoms with E-state index in [1.807, 2.05) is 12.1 Å². The summed E-state index contributed by atoms with van der Waals surface area (Å²) >= 11 is 0. The zero-order chi connectivity index (χ0) is 15.4. The molecule has 1 fully saturated rings. The van der Waals surface area contributed by atoms with Gasteiger partial charge in [-0.25, -0.2) is 0 Å². The molecule has 0 spiro atoms. The molecule has 0 aliphatic carbocycles. The number of nitrogens with zero attached hydrogens (tertiary/aromatic N) is 1. The van der Waals surface area contributed by atoms with E-state index in [0.29, 0.717) is 12.0 Å². The predicted molar refractivity (Wildman–Crippen MR) is 83.1 cm³/mol. The average Bonchev–Trinajstić information content (AvgIpc) is 2.87. The molecule has 0 saturated carbocycles. The minimum Gasteiger partial charge on any atom is -0.496 e. The van der Waals surface area contributed by atoms with Gasteiger partial charge in [-0.05, 0) is 25.8 Å². The molecular formula is C16H26N2O3. The van der Waals surface area contributed by atoms with E-state index in [-0.39, 0.29) is 0 Å². The highest BCUT2D eigenvalue weighted by Crippen LogP contribution is 2.36. The average molecular weight is 294 g/mol. The van der Waals surface area contributed by atoms with E-state index in [1.54, 1.807) is 21.3 Å². The van der Waals surface area contributed by atoms with E-state index < -0.39 is 0 Å². The third kappa shape index (κ3) is 3.41. The molecule has 118 valence electrons. The van der Waals surface area contributed by atoms with Crippen LogP contribution in [0.15, 0.2) is 12.1 Å². The molecule has 5 heteroatoms. The minimum absolute atomic E-state index is 0.523. The number of methoxy groups -OCH3 is 3. The Kier molecular flexibility index (Phi) is 5.31. The molecule has 0 aromatic heterocycles. The van der Waals surface area contributed by atoms with Crippen LogP contribution in [0.25, 0.3) is 0 Å². The van der Waals surface area contributed by atoms with Crippen LogP contribution in [0.3, 0.4) is 0 Å². The Morgan fingerprint density at radius 2 is 1.76 bits per heavy atom. The Balaban J connectivity index is 2.26. The van der Waals surface area contributed by atoms with Crippen molar-refractivity contribution in [3.8, 4) is 17.2 Å². The first-order valence-electron chi connectivity index (χ1n) is 7.35. The Labute approximate surface area is 127 Å². The fraction of sp³-hybridized carbons (Fsp3) is 0.625. The molecule has 21 heavy (non-hydrogen) atoms. The van der Waals surface area contributed by atoms with Gasteiger partial charge >= 0.3 is 0 Å². The van der Waals surface area contributed by atoms with Crippen LogP contribution in [0, 0.1) is 5.92 Å². The number of ether oxygens (including phenoxy) is 3. The fourth-order valence-electron chi connectivity index (χ4n) is 3.05. The number of rotatable bonds is 6. The molecule has 1 aliphatic rings. The maximum absolute atomic E-state index is 5.81. The summed E-state index contributed by atoms with van der Waals surface area (Å²) in [6, 6.07) is 4.33. The van der Waals surface area contributed by atoms with E-state index in [9.17, 15) is 0 Å². The molecule has 2 atom stereocenters. The van der Waals surface area contributed by atoms with Gasteiger partial charge < -0.3 is 19.9 Å². The van der Waals surface area contributed by atoms with Crippen molar-refractivity contribution in [1.82, 2.24) is 4.90 Å². The van der Waals surface area contributed by atoms with Gasteiger partial charge in [0.1, 0.15) is 17.2 Å². The van der Waals surface area contributed by atoms with E-state index >= 15 is 0 Å². The van der Waals surface area contributed by atoms with Gasteiger partial charge in [0.2, 0.25) is 0 Å². The lowest BCUT2D eigenvalue weighted by Crippen LogP contribution is -2.27. The quantitative estimate of drug-likeness (QED) is 0.868. The van der Waals surface area contributed by atoms with Gasteiger partial charge in [0.15, 0.2) is 0 Å². The number of hydrogen-bond acceptors (Lipinski definition) is 5. The van der Waals surface area contributed by atoms with Crippen LogP contribution in [0.4, 0.5) is 0 Å². The SMILES string of the molecule is COc1cc(OC)c(CN2CC(CN)CC2C)c(OC)c1. The molecule has 5 nitrogen and oxygen atoms in total. The van der Waals surface area contributed by atoms with Crippen LogP contribution in [0.1, 0.15) is 18.9 Å². The van der Waals surface area contributed by atoms with Crippen LogP contribution in [-0.2, 0) is 6.54 Å². The van der Waals surface area contributed by atoms with Gasteiger partial charge in [-0.15, -0.1) is 0 Å². The van der Waals surface area contributed by atoms with Crippen LogP contribution in [0.5, 0.6) is 17.2 Å². The topological polar surface area (TPSA) is 57.0 Å². The Hall–Kier alpha value is -1.46. The van der Waals surface area contributed by atoms with Crippen molar-refractivity contribution < 1.29 is 14.2 Å². The molecule has 1 aromatic carbocycles. The van der Waals surface area contributed by atoms with Crippen molar-refractivity contribution >= 4 is 0 Å². The monoisotopic (exact) mass is 294 g/mol. The second-order valence-electron chi connectivity index (χ2n) is 5.63. The summed E-state index contributed by atoms with van der Waals surface area (Å²) in [5, 5.41) is 0. The van der Waals surface area contributed by atoms with Crippen molar-refractivity contribution in [2.45, 2.75) is 25.9 Å². The first-order valence-corrected chi connectivity index (χ1v) is 7.35. The van der Waals surface area contributed by atoms with Crippen molar-refractivity contribution in [2.75, 3.05) is 34.4 Å². The lowest BCUT2D eigenvalue weighted by atomic mass is 10.1. The van der Waals surface area contributed by atoms with Gasteiger partial charge in [-0.2, -0.15) is 0 Å². The maximum Gasteiger partial charge on any atom is 0.130 e. The molecule has 1 saturated heterocycles. The lowest BCUT2D eigenvalue weighted by Gasteiger charge is -2.24.